The first-order valence-corrected chi connectivity index (χ1v) is 40.8. The summed E-state index contributed by atoms with van der Waals surface area (Å²) < 4.78 is 0. The van der Waals surface area contributed by atoms with Crippen LogP contribution in [0.4, 0.5) is 0 Å². The molecule has 0 saturated heterocycles. The molecule has 0 aromatic heterocycles. The second-order valence-corrected chi connectivity index (χ2v) is 30.4. The number of aryl methyl sites for hydroxylation is 1. The quantitative estimate of drug-likeness (QED) is 0.0130. The number of carbonyl (C=O) groups is 15. The molecule has 0 radical (unpaired) electrons. The van der Waals surface area contributed by atoms with E-state index < -0.39 is 29.5 Å². The number of primary amides is 5. The number of benzene rings is 7. The van der Waals surface area contributed by atoms with Crippen molar-refractivity contribution in [2.45, 2.75) is 154 Å². The van der Waals surface area contributed by atoms with Gasteiger partial charge in [-0.1, -0.05) is 208 Å². The van der Waals surface area contributed by atoms with E-state index in [0.717, 1.165) is 122 Å². The van der Waals surface area contributed by atoms with Crippen molar-refractivity contribution in [1.29, 1.82) is 0 Å². The van der Waals surface area contributed by atoms with Gasteiger partial charge >= 0.3 is 0 Å². The van der Waals surface area contributed by atoms with E-state index in [-0.39, 0.29) is 126 Å². The molecule has 0 atom stereocenters. The number of amides is 10. The lowest BCUT2D eigenvalue weighted by atomic mass is 9.90. The fourth-order valence-corrected chi connectivity index (χ4v) is 14.6. The summed E-state index contributed by atoms with van der Waals surface area (Å²) in [5.74, 6) is -3.81. The van der Waals surface area contributed by atoms with Crippen LogP contribution in [0.5, 0.6) is 0 Å². The molecule has 1 fully saturated rings. The van der Waals surface area contributed by atoms with Gasteiger partial charge in [-0.15, -0.1) is 0 Å². The normalized spacial score (nSPS) is 11.2. The summed E-state index contributed by atoms with van der Waals surface area (Å²) >= 11 is 5.34. The third-order valence-corrected chi connectivity index (χ3v) is 21.1. The minimum Gasteiger partial charge on any atom is -0.370 e. The Kier molecular flexibility index (Phi) is 45.3. The molecule has 7 aromatic carbocycles. The van der Waals surface area contributed by atoms with E-state index in [1.165, 1.54) is 6.42 Å². The lowest BCUT2D eigenvalue weighted by Gasteiger charge is -2.20. The molecule has 25 nitrogen and oxygen atoms in total. The monoisotopic (exact) mass is 1630 g/mol. The summed E-state index contributed by atoms with van der Waals surface area (Å²) in [6.45, 7) is 6.98. The van der Waals surface area contributed by atoms with Crippen LogP contribution in [0.2, 0.25) is 0 Å². The Morgan fingerprint density at radius 1 is 0.310 bits per heavy atom. The van der Waals surface area contributed by atoms with Gasteiger partial charge in [-0.2, -0.15) is 0 Å². The molecule has 8 rings (SSSR count). The molecule has 1 aliphatic carbocycles. The van der Waals surface area contributed by atoms with Crippen molar-refractivity contribution in [3.63, 3.8) is 0 Å². The molecular formula is C83H98N10O15S5. The van der Waals surface area contributed by atoms with Gasteiger partial charge in [-0.25, -0.2) is 0 Å². The molecule has 113 heavy (non-hydrogen) atoms. The molecule has 1 saturated carbocycles. The van der Waals surface area contributed by atoms with Crippen molar-refractivity contribution in [3.05, 3.63) is 220 Å². The summed E-state index contributed by atoms with van der Waals surface area (Å²) in [6.07, 6.45) is 11.5. The van der Waals surface area contributed by atoms with Crippen molar-refractivity contribution >= 4 is 143 Å². The van der Waals surface area contributed by atoms with E-state index in [4.69, 9.17) is 28.7 Å². The van der Waals surface area contributed by atoms with Gasteiger partial charge in [0.05, 0.1) is 27.8 Å². The highest BCUT2D eigenvalue weighted by Gasteiger charge is 2.25. The molecule has 10 amide bonds. The van der Waals surface area contributed by atoms with Crippen molar-refractivity contribution in [1.82, 2.24) is 26.6 Å². The average Bonchev–Trinajstić information content (AvgIpc) is 0.866. The zero-order chi connectivity index (χ0) is 82.9. The second-order valence-electron chi connectivity index (χ2n) is 25.1. The van der Waals surface area contributed by atoms with Crippen LogP contribution in [-0.4, -0.2) is 117 Å². The Morgan fingerprint density at radius 3 is 0.894 bits per heavy atom. The molecule has 0 aliphatic heterocycles. The summed E-state index contributed by atoms with van der Waals surface area (Å²) in [7, 11) is 0. The van der Waals surface area contributed by atoms with Gasteiger partial charge in [0.2, 0.25) is 39.8 Å². The molecule has 30 heteroatoms. The topological polar surface area (TPSA) is 446 Å². The van der Waals surface area contributed by atoms with Crippen LogP contribution >= 0.6 is 58.8 Å². The van der Waals surface area contributed by atoms with E-state index in [1.807, 2.05) is 38.1 Å². The van der Waals surface area contributed by atoms with Gasteiger partial charge in [0.15, 0.2) is 15.3 Å². The molecule has 0 unspecified atom stereocenters. The number of nitrogens with one attached hydrogen (secondary N) is 5. The van der Waals surface area contributed by atoms with Crippen LogP contribution in [-0.2, 0) is 38.4 Å². The van der Waals surface area contributed by atoms with E-state index in [1.54, 1.807) is 152 Å². The van der Waals surface area contributed by atoms with Crippen LogP contribution in [0.25, 0.3) is 0 Å². The predicted octanol–water partition coefficient (Wildman–Crippen LogP) is 11.8. The average molecular weight is 1640 g/mol. The van der Waals surface area contributed by atoms with Gasteiger partial charge < -0.3 is 55.3 Å². The maximum Gasteiger partial charge on any atom is 0.252 e. The number of carbonyl (C=O) groups excluding carboxylic acids is 15. The zero-order valence-electron chi connectivity index (χ0n) is 63.4. The molecule has 600 valence electrons. The molecule has 0 bridgehead atoms. The lowest BCUT2D eigenvalue weighted by Crippen LogP contribution is -2.28. The fraction of sp³-hybridized carbons (Fsp3) is 0.313. The van der Waals surface area contributed by atoms with Crippen LogP contribution in [0.1, 0.15) is 201 Å². The molecule has 15 N–H and O–H groups in total. The molecule has 7 aromatic rings. The van der Waals surface area contributed by atoms with Gasteiger partial charge in [-0.3, -0.25) is 71.9 Å². The number of hydrogen-bond acceptors (Lipinski definition) is 20. The van der Waals surface area contributed by atoms with Gasteiger partial charge in [0.1, 0.15) is 0 Å². The Balaban J connectivity index is 0.000000298. The molecule has 1 aliphatic rings. The molecule has 0 heterocycles. The van der Waals surface area contributed by atoms with Crippen LogP contribution < -0.4 is 55.3 Å². The van der Waals surface area contributed by atoms with Crippen molar-refractivity contribution in [2.24, 2.45) is 34.6 Å². The van der Waals surface area contributed by atoms with Gasteiger partial charge in [0.25, 0.3) is 29.5 Å². The Labute approximate surface area is 679 Å². The number of unbranched alkanes of at least 4 members (excludes halogenated alkanes) is 3. The minimum atomic E-state index is -0.479. The number of thioether (sulfide) groups is 5. The Morgan fingerprint density at radius 2 is 0.584 bits per heavy atom. The van der Waals surface area contributed by atoms with E-state index >= 15 is 0 Å². The minimum absolute atomic E-state index is 0.0502. The molecular weight excluding hydrogens is 1540 g/mol. The van der Waals surface area contributed by atoms with E-state index in [0.29, 0.717) is 76.3 Å². The first kappa shape index (κ1) is 94.7. The van der Waals surface area contributed by atoms with Gasteiger partial charge in [-0.05, 0) is 117 Å². The fourth-order valence-electron chi connectivity index (χ4n) is 9.99. The third kappa shape index (κ3) is 38.4. The maximum atomic E-state index is 12.4. The third-order valence-electron chi connectivity index (χ3n) is 16.0. The maximum absolute atomic E-state index is 12.4. The number of rotatable bonds is 35. The summed E-state index contributed by atoms with van der Waals surface area (Å²) in [5, 5.41) is 13.1. The SMILES string of the molecule is CCCCC(=O)Sc1ccccc1C(=O)NCCC(N)=O.CCCCCC(=O)Sc1ccccc1C(=O)NCCC(N)=O.Cc1ccc(C(=O)Sc2ccccc2C(=O)NCCC(N)=O)cc1.NC(=O)CCNC(=O)c1ccccc1SC(=O)C1CCCCC1.NC(=O)CCNC(=O)c1ccccc1SC(=O)c1ccccc1. The Hall–Kier alpha value is -10.7. The first-order chi connectivity index (χ1) is 54.2. The largest absolute Gasteiger partial charge is 0.370 e. The van der Waals surface area contributed by atoms with Crippen molar-refractivity contribution in [3.8, 4) is 0 Å². The Bertz CT molecular complexity index is 4370. The molecule has 0 spiro atoms. The van der Waals surface area contributed by atoms with Crippen LogP contribution in [0.15, 0.2) is 200 Å². The smallest absolute Gasteiger partial charge is 0.252 e. The summed E-state index contributed by atoms with van der Waals surface area (Å²) in [6, 6.07) is 50.8. The lowest BCUT2D eigenvalue weighted by molar-refractivity contribution is -0.118. The highest BCUT2D eigenvalue weighted by molar-refractivity contribution is 8.15. The highest BCUT2D eigenvalue weighted by Crippen LogP contribution is 2.34. The van der Waals surface area contributed by atoms with E-state index in [2.05, 4.69) is 33.5 Å². The number of nitrogens with two attached hydrogens (primary N) is 5. The van der Waals surface area contributed by atoms with Gasteiger partial charge in [0, 0.05) is 119 Å². The van der Waals surface area contributed by atoms with Crippen LogP contribution in [0.3, 0.4) is 0 Å². The second kappa shape index (κ2) is 54.1. The number of hydrogen-bond donors (Lipinski definition) is 10. The standard InChI is InChI=1S/C18H18N2O3S.C17H22N2O3S.C17H16N2O3S.C16H22N2O3S.C15H20N2O3S/c1-12-6-8-13(9-7-12)18(23)24-15-5-3-2-4-14(15)17(22)20-11-10-16(19)21;2*18-15(20)10-11-19-16(21)13-8-4-5-9-14(13)23-17(22)12-6-2-1-3-7-12;1-2-3-4-9-15(20)22-13-8-6-5-7-12(13)16(21)18-11-10-14(17)19;1-2-3-8-14(19)21-12-7-5-4-6-11(12)15(20)17-10-9-13(16)18/h2-9H,10-11H2,1H3,(H2,19,21)(H,20,22);4-5,8-9,12H,1-3,6-7,10-11H2,(H2,18,20)(H,19,21);1-9H,10-11H2,(H2,18,20)(H,19,21);5-8H,2-4,9-11H2,1H3,(H2,17,19)(H,18,21);4-7H,2-3,8-10H2,1H3,(H2,16,18)(H,17,20). The van der Waals surface area contributed by atoms with Crippen molar-refractivity contribution in [2.75, 3.05) is 32.7 Å². The summed E-state index contributed by atoms with van der Waals surface area (Å²) in [4.78, 5) is 178. The summed E-state index contributed by atoms with van der Waals surface area (Å²) in [5.41, 5.74) is 29.6. The highest BCUT2D eigenvalue weighted by atomic mass is 32.2. The van der Waals surface area contributed by atoms with Crippen molar-refractivity contribution < 1.29 is 71.9 Å². The predicted molar refractivity (Wildman–Crippen MR) is 444 cm³/mol. The van der Waals surface area contributed by atoms with Crippen LogP contribution in [0, 0.1) is 12.8 Å². The first-order valence-electron chi connectivity index (χ1n) is 36.7. The van der Waals surface area contributed by atoms with E-state index in [9.17, 15) is 71.9 Å². The zero-order valence-corrected chi connectivity index (χ0v) is 67.5.